The van der Waals surface area contributed by atoms with Crippen molar-refractivity contribution in [3.63, 3.8) is 0 Å². The quantitative estimate of drug-likeness (QED) is 0.700. The summed E-state index contributed by atoms with van der Waals surface area (Å²) in [5.74, 6) is 0.272. The molecule has 0 radical (unpaired) electrons. The lowest BCUT2D eigenvalue weighted by Gasteiger charge is -2.30. The summed E-state index contributed by atoms with van der Waals surface area (Å²) in [5.41, 5.74) is 0.629. The summed E-state index contributed by atoms with van der Waals surface area (Å²) >= 11 is 0. The van der Waals surface area contributed by atoms with Gasteiger partial charge in [0.25, 0.3) is 15.9 Å². The SMILES string of the molecule is CO[C@@H]1CN(C)C(=O)c2ccc(NS(=O)(=O)c3cn(C)cn3)cc2OC[C@H](C)NC[C@@H]1C. The Labute approximate surface area is 189 Å². The number of hydrogen-bond acceptors (Lipinski definition) is 7. The number of aryl methyl sites for hydroxylation is 1. The highest BCUT2D eigenvalue weighted by molar-refractivity contribution is 7.92. The molecular weight excluding hydrogens is 434 g/mol. The zero-order chi connectivity index (χ0) is 23.5. The molecule has 0 unspecified atom stereocenters. The van der Waals surface area contributed by atoms with Crippen LogP contribution in [0.2, 0.25) is 0 Å². The number of rotatable bonds is 4. The number of carbonyl (C=O) groups is 1. The van der Waals surface area contributed by atoms with E-state index in [0.717, 1.165) is 0 Å². The molecule has 0 bridgehead atoms. The first-order valence-corrected chi connectivity index (χ1v) is 11.9. The summed E-state index contributed by atoms with van der Waals surface area (Å²) < 4.78 is 40.9. The van der Waals surface area contributed by atoms with Crippen molar-refractivity contribution < 1.29 is 22.7 Å². The molecule has 1 aliphatic rings. The third-order valence-electron chi connectivity index (χ3n) is 5.44. The Hall–Kier alpha value is -2.63. The maximum atomic E-state index is 13.1. The van der Waals surface area contributed by atoms with Crippen LogP contribution in [0.1, 0.15) is 24.2 Å². The molecule has 2 N–H and O–H groups in total. The molecule has 2 aromatic rings. The van der Waals surface area contributed by atoms with Gasteiger partial charge in [0.1, 0.15) is 12.4 Å². The van der Waals surface area contributed by atoms with Crippen LogP contribution in [0.5, 0.6) is 5.75 Å². The van der Waals surface area contributed by atoms with Gasteiger partial charge in [-0.05, 0) is 25.0 Å². The van der Waals surface area contributed by atoms with Crippen molar-refractivity contribution in [2.45, 2.75) is 31.0 Å². The minimum atomic E-state index is -3.87. The number of fused-ring (bicyclic) bond motifs is 1. The van der Waals surface area contributed by atoms with Gasteiger partial charge in [-0.3, -0.25) is 9.52 Å². The highest BCUT2D eigenvalue weighted by atomic mass is 32.2. The van der Waals surface area contributed by atoms with Gasteiger partial charge in [0.05, 0.1) is 23.7 Å². The van der Waals surface area contributed by atoms with E-state index in [1.165, 1.54) is 18.6 Å². The maximum absolute atomic E-state index is 13.1. The lowest BCUT2D eigenvalue weighted by atomic mass is 10.0. The number of amides is 1. The molecule has 0 spiro atoms. The number of anilines is 1. The Morgan fingerprint density at radius 1 is 1.28 bits per heavy atom. The van der Waals surface area contributed by atoms with Gasteiger partial charge < -0.3 is 24.3 Å². The van der Waals surface area contributed by atoms with Crippen molar-refractivity contribution in [3.8, 4) is 5.75 Å². The van der Waals surface area contributed by atoms with Crippen LogP contribution in [0.15, 0.2) is 35.7 Å². The molecule has 1 aromatic carbocycles. The molecule has 11 heteroatoms. The van der Waals surface area contributed by atoms with E-state index >= 15 is 0 Å². The number of sulfonamides is 1. The molecule has 0 aliphatic carbocycles. The summed E-state index contributed by atoms with van der Waals surface area (Å²) in [6.45, 7) is 5.50. The van der Waals surface area contributed by atoms with E-state index in [-0.39, 0.29) is 34.7 Å². The Kier molecular flexibility index (Phi) is 7.42. The standard InChI is InChI=1S/C21H31N5O5S/c1-14-9-22-15(2)12-31-18-8-16(24-32(28,29)20-11-25(3)13-23-20)6-7-17(18)21(27)26(4)10-19(14)30-5/h6-8,11,13-15,19,22,24H,9-10,12H2,1-5H3/t14-,15-,19+/m0/s1. The topological polar surface area (TPSA) is 115 Å². The number of methoxy groups -OCH3 is 1. The molecule has 0 fully saturated rings. The first-order valence-electron chi connectivity index (χ1n) is 10.4. The molecule has 1 aromatic heterocycles. The van der Waals surface area contributed by atoms with Crippen molar-refractivity contribution in [2.24, 2.45) is 13.0 Å². The zero-order valence-electron chi connectivity index (χ0n) is 19.0. The van der Waals surface area contributed by atoms with Crippen molar-refractivity contribution >= 4 is 21.6 Å². The number of ether oxygens (including phenoxy) is 2. The average Bonchev–Trinajstić information content (AvgIpc) is 3.20. The van der Waals surface area contributed by atoms with Crippen molar-refractivity contribution in [3.05, 3.63) is 36.3 Å². The van der Waals surface area contributed by atoms with E-state index in [0.29, 0.717) is 31.0 Å². The van der Waals surface area contributed by atoms with E-state index in [9.17, 15) is 13.2 Å². The van der Waals surface area contributed by atoms with E-state index in [1.807, 2.05) is 6.92 Å². The molecule has 176 valence electrons. The molecule has 0 saturated heterocycles. The largest absolute Gasteiger partial charge is 0.491 e. The minimum absolute atomic E-state index is 0.0175. The van der Waals surface area contributed by atoms with Gasteiger partial charge in [0.2, 0.25) is 0 Å². The molecule has 3 rings (SSSR count). The van der Waals surface area contributed by atoms with Gasteiger partial charge in [-0.15, -0.1) is 0 Å². The Bertz CT molecular complexity index is 1050. The number of nitrogens with zero attached hydrogens (tertiary/aromatic N) is 3. The molecule has 32 heavy (non-hydrogen) atoms. The number of imidazole rings is 1. The molecule has 1 amide bonds. The van der Waals surface area contributed by atoms with Gasteiger partial charge in [0, 0.05) is 52.6 Å². The highest BCUT2D eigenvalue weighted by Gasteiger charge is 2.26. The molecule has 2 heterocycles. The Morgan fingerprint density at radius 2 is 2.03 bits per heavy atom. The van der Waals surface area contributed by atoms with Crippen LogP contribution in [-0.4, -0.2) is 74.8 Å². The molecule has 10 nitrogen and oxygen atoms in total. The van der Waals surface area contributed by atoms with Crippen LogP contribution < -0.4 is 14.8 Å². The summed E-state index contributed by atoms with van der Waals surface area (Å²) in [6.07, 6.45) is 2.69. The fraction of sp³-hybridized carbons (Fsp3) is 0.524. The minimum Gasteiger partial charge on any atom is -0.491 e. The maximum Gasteiger partial charge on any atom is 0.280 e. The normalized spacial score (nSPS) is 23.0. The second kappa shape index (κ2) is 9.88. The van der Waals surface area contributed by atoms with E-state index in [2.05, 4.69) is 21.9 Å². The smallest absolute Gasteiger partial charge is 0.280 e. The van der Waals surface area contributed by atoms with Gasteiger partial charge in [0.15, 0.2) is 5.03 Å². The number of benzene rings is 1. The number of carbonyl (C=O) groups excluding carboxylic acids is 1. The van der Waals surface area contributed by atoms with Gasteiger partial charge in [-0.25, -0.2) is 4.98 Å². The molecule has 3 atom stereocenters. The van der Waals surface area contributed by atoms with Crippen molar-refractivity contribution in [1.82, 2.24) is 19.8 Å². The predicted molar refractivity (Wildman–Crippen MR) is 120 cm³/mol. The average molecular weight is 466 g/mol. The lowest BCUT2D eigenvalue weighted by molar-refractivity contribution is 0.0281. The first kappa shape index (κ1) is 24.0. The van der Waals surface area contributed by atoms with E-state index in [1.54, 1.807) is 42.8 Å². The summed E-state index contributed by atoms with van der Waals surface area (Å²) in [5, 5.41) is 3.32. The fourth-order valence-electron chi connectivity index (χ4n) is 3.45. The summed E-state index contributed by atoms with van der Waals surface area (Å²) in [4.78, 5) is 18.6. The molecule has 1 aliphatic heterocycles. The van der Waals surface area contributed by atoms with Crippen LogP contribution in [0, 0.1) is 5.92 Å². The second-order valence-electron chi connectivity index (χ2n) is 8.25. The van der Waals surface area contributed by atoms with Crippen LogP contribution in [-0.2, 0) is 21.8 Å². The van der Waals surface area contributed by atoms with Gasteiger partial charge >= 0.3 is 0 Å². The van der Waals surface area contributed by atoms with Crippen LogP contribution in [0.4, 0.5) is 5.69 Å². The molecular formula is C21H31N5O5S. The van der Waals surface area contributed by atoms with E-state index < -0.39 is 10.0 Å². The van der Waals surface area contributed by atoms with Gasteiger partial charge in [-0.1, -0.05) is 6.92 Å². The number of likely N-dealkylation sites (N-methyl/N-ethyl adjacent to an activating group) is 1. The lowest BCUT2D eigenvalue weighted by Crippen LogP contribution is -2.44. The van der Waals surface area contributed by atoms with Crippen LogP contribution in [0.25, 0.3) is 0 Å². The Balaban J connectivity index is 1.91. The highest BCUT2D eigenvalue weighted by Crippen LogP contribution is 2.27. The zero-order valence-corrected chi connectivity index (χ0v) is 19.8. The Morgan fingerprint density at radius 3 is 2.69 bits per heavy atom. The monoisotopic (exact) mass is 465 g/mol. The third kappa shape index (κ3) is 5.59. The third-order valence-corrected chi connectivity index (χ3v) is 6.70. The summed E-state index contributed by atoms with van der Waals surface area (Å²) in [7, 11) is 1.17. The first-order chi connectivity index (χ1) is 15.1. The number of aromatic nitrogens is 2. The molecule has 0 saturated carbocycles. The second-order valence-corrected chi connectivity index (χ2v) is 9.88. The summed E-state index contributed by atoms with van der Waals surface area (Å²) in [6, 6.07) is 4.65. The predicted octanol–water partition coefficient (Wildman–Crippen LogP) is 1.31. The number of hydrogen-bond donors (Lipinski definition) is 2. The van der Waals surface area contributed by atoms with Crippen molar-refractivity contribution in [2.75, 3.05) is 38.6 Å². The van der Waals surface area contributed by atoms with Gasteiger partial charge in [-0.2, -0.15) is 8.42 Å². The number of nitrogens with one attached hydrogen (secondary N) is 2. The fourth-order valence-corrected chi connectivity index (χ4v) is 4.49. The van der Waals surface area contributed by atoms with E-state index in [4.69, 9.17) is 9.47 Å². The van der Waals surface area contributed by atoms with Crippen molar-refractivity contribution in [1.29, 1.82) is 0 Å². The van der Waals surface area contributed by atoms with Crippen LogP contribution in [0.3, 0.4) is 0 Å². The van der Waals surface area contributed by atoms with Crippen LogP contribution >= 0.6 is 0 Å².